The van der Waals surface area contributed by atoms with E-state index in [4.69, 9.17) is 16.6 Å². The van der Waals surface area contributed by atoms with E-state index in [1.54, 1.807) is 12.1 Å². The minimum Gasteiger partial charge on any atom is -0.338 e. The predicted molar refractivity (Wildman–Crippen MR) is 107 cm³/mol. The Balaban J connectivity index is 1.52. The molecule has 1 fully saturated rings. The molecule has 0 N–H and O–H groups in total. The van der Waals surface area contributed by atoms with Crippen molar-refractivity contribution in [1.82, 2.24) is 19.4 Å². The van der Waals surface area contributed by atoms with Crippen molar-refractivity contribution in [1.29, 1.82) is 0 Å². The summed E-state index contributed by atoms with van der Waals surface area (Å²) in [5.41, 5.74) is 2.45. The number of pyridine rings is 1. The van der Waals surface area contributed by atoms with Crippen LogP contribution in [0, 0.1) is 5.92 Å². The van der Waals surface area contributed by atoms with E-state index in [1.807, 2.05) is 35.4 Å². The van der Waals surface area contributed by atoms with Crippen LogP contribution in [-0.2, 0) is 6.42 Å². The van der Waals surface area contributed by atoms with Crippen molar-refractivity contribution in [3.05, 3.63) is 59.0 Å². The first-order chi connectivity index (χ1) is 13.0. The summed E-state index contributed by atoms with van der Waals surface area (Å²) in [6.45, 7) is 5.80. The molecule has 1 aliphatic heterocycles. The van der Waals surface area contributed by atoms with E-state index in [0.717, 1.165) is 42.9 Å². The topological polar surface area (TPSA) is 51.0 Å². The van der Waals surface area contributed by atoms with Gasteiger partial charge in [-0.2, -0.15) is 0 Å². The third kappa shape index (κ3) is 3.44. The quantitative estimate of drug-likeness (QED) is 0.673. The number of nitrogens with zero attached hydrogens (tertiary/aromatic N) is 4. The number of amides is 1. The Morgan fingerprint density at radius 2 is 2.07 bits per heavy atom. The summed E-state index contributed by atoms with van der Waals surface area (Å²) >= 11 is 6.20. The Morgan fingerprint density at radius 1 is 1.26 bits per heavy atom. The van der Waals surface area contributed by atoms with Crippen molar-refractivity contribution in [3.63, 3.8) is 0 Å². The maximum absolute atomic E-state index is 12.8. The van der Waals surface area contributed by atoms with E-state index in [1.165, 1.54) is 0 Å². The highest BCUT2D eigenvalue weighted by Gasteiger charge is 2.29. The molecule has 1 saturated heterocycles. The zero-order chi connectivity index (χ0) is 19.0. The summed E-state index contributed by atoms with van der Waals surface area (Å²) in [7, 11) is 0. The Kier molecular flexibility index (Phi) is 4.87. The number of carbonyl (C=O) groups excluding carboxylic acids is 1. The van der Waals surface area contributed by atoms with Crippen LogP contribution in [-0.4, -0.2) is 38.4 Å². The van der Waals surface area contributed by atoms with Crippen LogP contribution in [0.5, 0.6) is 0 Å². The number of halogens is 1. The van der Waals surface area contributed by atoms with Crippen LogP contribution >= 0.6 is 11.6 Å². The Labute approximate surface area is 164 Å². The number of fused-ring (bicyclic) bond motifs is 1. The minimum absolute atomic E-state index is 0.0159. The number of hydrogen-bond donors (Lipinski definition) is 0. The van der Waals surface area contributed by atoms with E-state index in [2.05, 4.69) is 23.4 Å². The molecule has 1 amide bonds. The summed E-state index contributed by atoms with van der Waals surface area (Å²) in [5.74, 6) is 1.46. The van der Waals surface area contributed by atoms with Gasteiger partial charge in [-0.15, -0.1) is 0 Å². The monoisotopic (exact) mass is 382 g/mol. The summed E-state index contributed by atoms with van der Waals surface area (Å²) in [6, 6.07) is 11.5. The van der Waals surface area contributed by atoms with Gasteiger partial charge in [0.05, 0.1) is 10.6 Å². The maximum atomic E-state index is 12.8. The van der Waals surface area contributed by atoms with E-state index < -0.39 is 0 Å². The number of hydrogen-bond acceptors (Lipinski definition) is 3. The van der Waals surface area contributed by atoms with Gasteiger partial charge in [0, 0.05) is 31.7 Å². The lowest BCUT2D eigenvalue weighted by molar-refractivity contribution is 0.0787. The fraction of sp³-hybridized carbons (Fsp3) is 0.381. The van der Waals surface area contributed by atoms with Crippen LogP contribution in [0.2, 0.25) is 5.02 Å². The maximum Gasteiger partial charge on any atom is 0.255 e. The predicted octanol–water partition coefficient (Wildman–Crippen LogP) is 4.37. The van der Waals surface area contributed by atoms with Crippen molar-refractivity contribution in [3.8, 4) is 0 Å². The van der Waals surface area contributed by atoms with E-state index in [-0.39, 0.29) is 5.91 Å². The van der Waals surface area contributed by atoms with Gasteiger partial charge >= 0.3 is 0 Å². The smallest absolute Gasteiger partial charge is 0.255 e. The van der Waals surface area contributed by atoms with Crippen molar-refractivity contribution < 1.29 is 4.79 Å². The molecule has 0 bridgehead atoms. The fourth-order valence-corrected chi connectivity index (χ4v) is 4.13. The lowest BCUT2D eigenvalue weighted by Gasteiger charge is -2.18. The second kappa shape index (κ2) is 7.31. The molecule has 2 aromatic heterocycles. The molecule has 1 aromatic carbocycles. The number of imidazole rings is 1. The summed E-state index contributed by atoms with van der Waals surface area (Å²) in [4.78, 5) is 24.0. The van der Waals surface area contributed by atoms with Gasteiger partial charge < -0.3 is 9.47 Å². The molecule has 1 unspecified atom stereocenters. The van der Waals surface area contributed by atoms with Crippen LogP contribution in [0.3, 0.4) is 0 Å². The summed E-state index contributed by atoms with van der Waals surface area (Å²) in [6.07, 6.45) is 3.64. The van der Waals surface area contributed by atoms with Crippen LogP contribution in [0.15, 0.2) is 42.6 Å². The Morgan fingerprint density at radius 3 is 2.85 bits per heavy atom. The summed E-state index contributed by atoms with van der Waals surface area (Å²) < 4.78 is 2.22. The van der Waals surface area contributed by atoms with Crippen molar-refractivity contribution in [2.24, 2.45) is 5.92 Å². The molecule has 1 aliphatic rings. The average molecular weight is 383 g/mol. The second-order valence-electron chi connectivity index (χ2n) is 7.43. The van der Waals surface area contributed by atoms with Crippen molar-refractivity contribution in [2.75, 3.05) is 13.1 Å². The van der Waals surface area contributed by atoms with Crippen molar-refractivity contribution >= 4 is 28.7 Å². The van der Waals surface area contributed by atoms with Crippen LogP contribution in [0.25, 0.3) is 11.2 Å². The molecule has 0 saturated carbocycles. The van der Waals surface area contributed by atoms with Gasteiger partial charge in [0.15, 0.2) is 5.65 Å². The van der Waals surface area contributed by atoms with Gasteiger partial charge in [-0.1, -0.05) is 23.7 Å². The first-order valence-electron chi connectivity index (χ1n) is 9.40. The number of benzene rings is 1. The largest absolute Gasteiger partial charge is 0.338 e. The Bertz CT molecular complexity index is 981. The van der Waals surface area contributed by atoms with E-state index in [9.17, 15) is 4.79 Å². The van der Waals surface area contributed by atoms with Gasteiger partial charge in [-0.3, -0.25) is 4.79 Å². The fourth-order valence-electron chi connectivity index (χ4n) is 3.91. The highest BCUT2D eigenvalue weighted by atomic mass is 35.5. The van der Waals surface area contributed by atoms with Crippen LogP contribution in [0.1, 0.15) is 42.5 Å². The number of rotatable bonds is 4. The SMILES string of the molecule is CC(C)n1c(CC2CCN(C(=O)c3ccccc3Cl)C2)nc2cccnc21. The van der Waals surface area contributed by atoms with Gasteiger partial charge in [0.2, 0.25) is 0 Å². The summed E-state index contributed by atoms with van der Waals surface area (Å²) in [5, 5.41) is 0.513. The minimum atomic E-state index is 0.0159. The number of carbonyl (C=O) groups is 1. The standard InChI is InChI=1S/C21H23ClN4O/c1-14(2)26-19(24-18-8-5-10-23-20(18)26)12-15-9-11-25(13-15)21(27)16-6-3-4-7-17(16)22/h3-8,10,14-15H,9,11-13H2,1-2H3. The molecule has 27 heavy (non-hydrogen) atoms. The van der Waals surface area contributed by atoms with Crippen molar-refractivity contribution in [2.45, 2.75) is 32.7 Å². The zero-order valence-corrected chi connectivity index (χ0v) is 16.4. The highest BCUT2D eigenvalue weighted by Crippen LogP contribution is 2.27. The molecule has 3 aromatic rings. The number of aromatic nitrogens is 3. The Hall–Kier alpha value is -2.40. The van der Waals surface area contributed by atoms with E-state index >= 15 is 0 Å². The lowest BCUT2D eigenvalue weighted by Crippen LogP contribution is -2.29. The first-order valence-corrected chi connectivity index (χ1v) is 9.78. The molecule has 6 heteroatoms. The molecule has 0 radical (unpaired) electrons. The molecule has 140 valence electrons. The zero-order valence-electron chi connectivity index (χ0n) is 15.6. The van der Waals surface area contributed by atoms with Gasteiger partial charge in [-0.25, -0.2) is 9.97 Å². The third-order valence-corrected chi connectivity index (χ3v) is 5.52. The highest BCUT2D eigenvalue weighted by molar-refractivity contribution is 6.33. The molecule has 0 aliphatic carbocycles. The molecule has 5 nitrogen and oxygen atoms in total. The molecular weight excluding hydrogens is 360 g/mol. The average Bonchev–Trinajstić information content (AvgIpc) is 3.26. The lowest BCUT2D eigenvalue weighted by atomic mass is 10.0. The van der Waals surface area contributed by atoms with E-state index in [0.29, 0.717) is 22.5 Å². The number of likely N-dealkylation sites (tertiary alicyclic amines) is 1. The molecule has 4 rings (SSSR count). The van der Waals surface area contributed by atoms with Gasteiger partial charge in [-0.05, 0) is 50.5 Å². The first kappa shape index (κ1) is 18.0. The van der Waals surface area contributed by atoms with Gasteiger partial charge in [0.25, 0.3) is 5.91 Å². The molecule has 0 spiro atoms. The van der Waals surface area contributed by atoms with Crippen LogP contribution in [0.4, 0.5) is 0 Å². The molecule has 1 atom stereocenters. The normalized spacial score (nSPS) is 17.2. The second-order valence-corrected chi connectivity index (χ2v) is 7.83. The molecular formula is C21H23ClN4O. The van der Waals surface area contributed by atoms with Crippen LogP contribution < -0.4 is 0 Å². The molecule has 3 heterocycles. The third-order valence-electron chi connectivity index (χ3n) is 5.19. The van der Waals surface area contributed by atoms with Gasteiger partial charge in [0.1, 0.15) is 11.3 Å².